The van der Waals surface area contributed by atoms with Crippen molar-refractivity contribution in [3.8, 4) is 11.6 Å². The van der Waals surface area contributed by atoms with Crippen LogP contribution in [0.3, 0.4) is 0 Å². The fourth-order valence-corrected chi connectivity index (χ4v) is 1.82. The van der Waals surface area contributed by atoms with Crippen molar-refractivity contribution >= 4 is 11.5 Å². The predicted octanol–water partition coefficient (Wildman–Crippen LogP) is 2.08. The monoisotopic (exact) mass is 274 g/mol. The number of rotatable bonds is 5. The second-order valence-electron chi connectivity index (χ2n) is 4.33. The maximum atomic E-state index is 9.77. The number of nitrogen functional groups attached to an aromatic ring is 1. The Morgan fingerprint density at radius 2 is 2.15 bits per heavy atom. The Balaban J connectivity index is 2.14. The number of phenols is 1. The van der Waals surface area contributed by atoms with Gasteiger partial charge in [-0.15, -0.1) is 0 Å². The van der Waals surface area contributed by atoms with Gasteiger partial charge in [0.1, 0.15) is 17.9 Å². The van der Waals surface area contributed by atoms with Crippen LogP contribution in [0.15, 0.2) is 24.5 Å². The van der Waals surface area contributed by atoms with Crippen molar-refractivity contribution in [2.45, 2.75) is 20.4 Å². The van der Waals surface area contributed by atoms with Crippen LogP contribution in [0.2, 0.25) is 0 Å². The topological polar surface area (TPSA) is 93.3 Å². The van der Waals surface area contributed by atoms with E-state index >= 15 is 0 Å². The Hall–Kier alpha value is -2.50. The van der Waals surface area contributed by atoms with Crippen molar-refractivity contribution in [2.24, 2.45) is 0 Å². The molecule has 0 radical (unpaired) electrons. The molecule has 1 aromatic carbocycles. The first kappa shape index (κ1) is 13.9. The van der Waals surface area contributed by atoms with Crippen molar-refractivity contribution in [1.29, 1.82) is 0 Å². The van der Waals surface area contributed by atoms with E-state index in [1.54, 1.807) is 18.2 Å². The van der Waals surface area contributed by atoms with Crippen molar-refractivity contribution in [3.63, 3.8) is 0 Å². The minimum atomic E-state index is 0.198. The van der Waals surface area contributed by atoms with E-state index in [1.165, 1.54) is 6.33 Å². The molecule has 0 fully saturated rings. The number of ether oxygens (including phenoxy) is 1. The number of hydrogen-bond donors (Lipinski definition) is 3. The van der Waals surface area contributed by atoms with Gasteiger partial charge in [0, 0.05) is 17.8 Å². The van der Waals surface area contributed by atoms with Gasteiger partial charge in [0.2, 0.25) is 5.88 Å². The van der Waals surface area contributed by atoms with Crippen LogP contribution in [0.25, 0.3) is 0 Å². The molecule has 0 aliphatic carbocycles. The van der Waals surface area contributed by atoms with Gasteiger partial charge in [-0.3, -0.25) is 0 Å². The van der Waals surface area contributed by atoms with Crippen molar-refractivity contribution in [3.05, 3.63) is 35.7 Å². The highest BCUT2D eigenvalue weighted by atomic mass is 16.5. The third kappa shape index (κ3) is 3.09. The second kappa shape index (κ2) is 6.10. The number of aromatic hydroxyl groups is 1. The van der Waals surface area contributed by atoms with E-state index in [1.807, 2.05) is 13.8 Å². The molecule has 0 atom stereocenters. The highest BCUT2D eigenvalue weighted by Gasteiger charge is 2.08. The van der Waals surface area contributed by atoms with E-state index in [0.717, 1.165) is 5.56 Å². The molecule has 2 rings (SSSR count). The predicted molar refractivity (Wildman–Crippen MR) is 77.8 cm³/mol. The summed E-state index contributed by atoms with van der Waals surface area (Å²) < 4.78 is 5.41. The molecule has 20 heavy (non-hydrogen) atoms. The van der Waals surface area contributed by atoms with E-state index in [-0.39, 0.29) is 5.75 Å². The molecule has 0 amide bonds. The number of phenolic OH excluding ortho intramolecular Hbond substituents is 1. The first-order valence-electron chi connectivity index (χ1n) is 6.37. The van der Waals surface area contributed by atoms with E-state index < -0.39 is 0 Å². The van der Waals surface area contributed by atoms with Crippen LogP contribution in [0.1, 0.15) is 18.1 Å². The molecule has 0 saturated carbocycles. The standard InChI is InChI=1S/C14H18N4O2/c1-3-20-14-9(2)13(17-8-18-14)16-7-10-6-11(15)4-5-12(10)19/h4-6,8,19H,3,7,15H2,1-2H3,(H,16,17,18). The molecule has 2 aromatic rings. The Bertz CT molecular complexity index is 602. The van der Waals surface area contributed by atoms with Crippen LogP contribution >= 0.6 is 0 Å². The average Bonchev–Trinajstić information content (AvgIpc) is 2.43. The molecule has 0 spiro atoms. The van der Waals surface area contributed by atoms with Gasteiger partial charge in [-0.25, -0.2) is 9.97 Å². The fourth-order valence-electron chi connectivity index (χ4n) is 1.82. The first-order chi connectivity index (χ1) is 9.61. The van der Waals surface area contributed by atoms with Gasteiger partial charge in [-0.05, 0) is 32.0 Å². The summed E-state index contributed by atoms with van der Waals surface area (Å²) >= 11 is 0. The van der Waals surface area contributed by atoms with Crippen LogP contribution < -0.4 is 15.8 Å². The largest absolute Gasteiger partial charge is 0.508 e. The molecule has 4 N–H and O–H groups in total. The van der Waals surface area contributed by atoms with Gasteiger partial charge in [0.25, 0.3) is 0 Å². The zero-order valence-corrected chi connectivity index (χ0v) is 11.6. The molecular formula is C14H18N4O2. The number of hydrogen-bond acceptors (Lipinski definition) is 6. The van der Waals surface area contributed by atoms with Crippen LogP contribution in [-0.2, 0) is 6.54 Å². The third-order valence-electron chi connectivity index (χ3n) is 2.87. The quantitative estimate of drug-likeness (QED) is 0.571. The molecule has 1 aromatic heterocycles. The van der Waals surface area contributed by atoms with E-state index in [2.05, 4.69) is 15.3 Å². The fraction of sp³-hybridized carbons (Fsp3) is 0.286. The molecule has 0 aliphatic rings. The zero-order chi connectivity index (χ0) is 14.5. The number of nitrogens with zero attached hydrogens (tertiary/aromatic N) is 2. The minimum absolute atomic E-state index is 0.198. The summed E-state index contributed by atoms with van der Waals surface area (Å²) in [4.78, 5) is 8.25. The summed E-state index contributed by atoms with van der Waals surface area (Å²) in [6, 6.07) is 4.95. The molecule has 0 aliphatic heterocycles. The van der Waals surface area contributed by atoms with Gasteiger partial charge in [-0.1, -0.05) is 0 Å². The lowest BCUT2D eigenvalue weighted by atomic mass is 10.1. The SMILES string of the molecule is CCOc1ncnc(NCc2cc(N)ccc2O)c1C. The molecule has 0 unspecified atom stereocenters. The summed E-state index contributed by atoms with van der Waals surface area (Å²) in [6.07, 6.45) is 1.44. The van der Waals surface area contributed by atoms with Gasteiger partial charge < -0.3 is 20.9 Å². The average molecular weight is 274 g/mol. The lowest BCUT2D eigenvalue weighted by Gasteiger charge is -2.12. The molecule has 0 bridgehead atoms. The van der Waals surface area contributed by atoms with Crippen LogP contribution in [0.5, 0.6) is 11.6 Å². The Morgan fingerprint density at radius 3 is 2.90 bits per heavy atom. The van der Waals surface area contributed by atoms with Crippen molar-refractivity contribution < 1.29 is 9.84 Å². The summed E-state index contributed by atoms with van der Waals surface area (Å²) in [6.45, 7) is 4.75. The Morgan fingerprint density at radius 1 is 1.35 bits per heavy atom. The Kier molecular flexibility index (Phi) is 4.24. The summed E-state index contributed by atoms with van der Waals surface area (Å²) in [5, 5.41) is 12.9. The van der Waals surface area contributed by atoms with Gasteiger partial charge >= 0.3 is 0 Å². The second-order valence-corrected chi connectivity index (χ2v) is 4.33. The highest BCUT2D eigenvalue weighted by molar-refractivity contribution is 5.51. The van der Waals surface area contributed by atoms with E-state index in [9.17, 15) is 5.11 Å². The minimum Gasteiger partial charge on any atom is -0.508 e. The molecule has 106 valence electrons. The van der Waals surface area contributed by atoms with Crippen LogP contribution in [0, 0.1) is 6.92 Å². The lowest BCUT2D eigenvalue weighted by Crippen LogP contribution is -2.06. The van der Waals surface area contributed by atoms with E-state index in [0.29, 0.717) is 36.1 Å². The summed E-state index contributed by atoms with van der Waals surface area (Å²) in [5.74, 6) is 1.43. The highest BCUT2D eigenvalue weighted by Crippen LogP contribution is 2.24. The molecular weight excluding hydrogens is 256 g/mol. The smallest absolute Gasteiger partial charge is 0.221 e. The lowest BCUT2D eigenvalue weighted by molar-refractivity contribution is 0.324. The number of aromatic nitrogens is 2. The normalized spacial score (nSPS) is 10.3. The van der Waals surface area contributed by atoms with Gasteiger partial charge in [-0.2, -0.15) is 0 Å². The maximum Gasteiger partial charge on any atom is 0.221 e. The summed E-state index contributed by atoms with van der Waals surface area (Å²) in [5.41, 5.74) is 7.85. The Labute approximate surface area is 117 Å². The zero-order valence-electron chi connectivity index (χ0n) is 11.6. The number of nitrogens with one attached hydrogen (secondary N) is 1. The van der Waals surface area contributed by atoms with Crippen LogP contribution in [-0.4, -0.2) is 21.7 Å². The molecule has 6 nitrogen and oxygen atoms in total. The number of anilines is 2. The van der Waals surface area contributed by atoms with Crippen molar-refractivity contribution in [1.82, 2.24) is 9.97 Å². The third-order valence-corrected chi connectivity index (χ3v) is 2.87. The summed E-state index contributed by atoms with van der Waals surface area (Å²) in [7, 11) is 0. The van der Waals surface area contributed by atoms with Gasteiger partial charge in [0.05, 0.1) is 12.2 Å². The van der Waals surface area contributed by atoms with Gasteiger partial charge in [0.15, 0.2) is 0 Å². The number of benzene rings is 1. The molecule has 1 heterocycles. The first-order valence-corrected chi connectivity index (χ1v) is 6.37. The number of nitrogens with two attached hydrogens (primary N) is 1. The molecule has 6 heteroatoms. The molecule has 0 saturated heterocycles. The van der Waals surface area contributed by atoms with E-state index in [4.69, 9.17) is 10.5 Å². The van der Waals surface area contributed by atoms with Crippen molar-refractivity contribution in [2.75, 3.05) is 17.7 Å². The maximum absolute atomic E-state index is 9.77. The van der Waals surface area contributed by atoms with Crippen LogP contribution in [0.4, 0.5) is 11.5 Å².